The van der Waals surface area contributed by atoms with Gasteiger partial charge in [-0.15, -0.1) is 0 Å². The predicted octanol–water partition coefficient (Wildman–Crippen LogP) is 2.42. The van der Waals surface area contributed by atoms with Crippen LogP contribution in [-0.4, -0.2) is 50.1 Å². The number of sulfonamides is 1. The molecule has 128 valence electrons. The summed E-state index contributed by atoms with van der Waals surface area (Å²) < 4.78 is 38.5. The second kappa shape index (κ2) is 6.49. The smallest absolute Gasteiger partial charge is 0.211 e. The van der Waals surface area contributed by atoms with Gasteiger partial charge in [-0.05, 0) is 55.4 Å². The van der Waals surface area contributed by atoms with Crippen molar-refractivity contribution >= 4 is 10.0 Å². The normalized spacial score (nSPS) is 26.9. The molecule has 1 aromatic carbocycles. The third kappa shape index (κ3) is 3.75. The third-order valence-corrected chi connectivity index (χ3v) is 6.48. The van der Waals surface area contributed by atoms with Gasteiger partial charge < -0.3 is 0 Å². The van der Waals surface area contributed by atoms with E-state index in [4.69, 9.17) is 0 Å². The number of fused-ring (bicyclic) bond motifs is 1. The summed E-state index contributed by atoms with van der Waals surface area (Å²) in [6.07, 6.45) is 4.16. The molecule has 1 aromatic rings. The lowest BCUT2D eigenvalue weighted by Gasteiger charge is -2.39. The molecule has 4 nitrogen and oxygen atoms in total. The van der Waals surface area contributed by atoms with Gasteiger partial charge >= 0.3 is 0 Å². The van der Waals surface area contributed by atoms with Crippen LogP contribution in [0.2, 0.25) is 0 Å². The van der Waals surface area contributed by atoms with Gasteiger partial charge in [0, 0.05) is 32.2 Å². The van der Waals surface area contributed by atoms with E-state index in [9.17, 15) is 12.8 Å². The Morgan fingerprint density at radius 1 is 1.30 bits per heavy atom. The summed E-state index contributed by atoms with van der Waals surface area (Å²) in [5, 5.41) is 0. The zero-order chi connectivity index (χ0) is 16.6. The molecule has 2 aliphatic heterocycles. The molecule has 2 heterocycles. The van der Waals surface area contributed by atoms with Gasteiger partial charge in [0.05, 0.1) is 6.26 Å². The number of benzene rings is 1. The van der Waals surface area contributed by atoms with Crippen LogP contribution in [0.15, 0.2) is 18.2 Å². The molecule has 23 heavy (non-hydrogen) atoms. The van der Waals surface area contributed by atoms with Crippen LogP contribution in [0.25, 0.3) is 0 Å². The molecule has 0 aliphatic carbocycles. The average Bonchev–Trinajstić information content (AvgIpc) is 2.49. The maximum absolute atomic E-state index is 13.4. The second-order valence-corrected chi connectivity index (χ2v) is 8.88. The van der Waals surface area contributed by atoms with Gasteiger partial charge in [0.25, 0.3) is 0 Å². The van der Waals surface area contributed by atoms with Crippen molar-refractivity contribution < 1.29 is 12.8 Å². The molecule has 1 saturated heterocycles. The molecule has 0 saturated carbocycles. The Balaban J connectivity index is 1.68. The van der Waals surface area contributed by atoms with E-state index in [0.29, 0.717) is 19.0 Å². The maximum atomic E-state index is 13.4. The molecule has 3 rings (SSSR count). The van der Waals surface area contributed by atoms with E-state index in [-0.39, 0.29) is 11.9 Å². The molecule has 1 fully saturated rings. The molecular formula is C17H25FN2O2S. The summed E-state index contributed by atoms with van der Waals surface area (Å²) in [6, 6.07) is 5.33. The van der Waals surface area contributed by atoms with E-state index in [0.717, 1.165) is 37.9 Å². The van der Waals surface area contributed by atoms with Crippen molar-refractivity contribution in [2.45, 2.75) is 32.2 Å². The van der Waals surface area contributed by atoms with E-state index < -0.39 is 10.0 Å². The fourth-order valence-electron chi connectivity index (χ4n) is 3.91. The Hall–Kier alpha value is -0.980. The monoisotopic (exact) mass is 340 g/mol. The molecule has 0 radical (unpaired) electrons. The van der Waals surface area contributed by atoms with E-state index in [1.165, 1.54) is 17.9 Å². The first-order chi connectivity index (χ1) is 10.8. The summed E-state index contributed by atoms with van der Waals surface area (Å²) in [7, 11) is -3.09. The fourth-order valence-corrected chi connectivity index (χ4v) is 4.85. The lowest BCUT2D eigenvalue weighted by molar-refractivity contribution is 0.137. The quantitative estimate of drug-likeness (QED) is 0.848. The van der Waals surface area contributed by atoms with Crippen molar-refractivity contribution in [3.05, 3.63) is 35.1 Å². The topological polar surface area (TPSA) is 40.6 Å². The van der Waals surface area contributed by atoms with Gasteiger partial charge in [-0.25, -0.2) is 17.1 Å². The minimum absolute atomic E-state index is 0.166. The Morgan fingerprint density at radius 3 is 2.83 bits per heavy atom. The Morgan fingerprint density at radius 2 is 2.09 bits per heavy atom. The molecule has 2 atom stereocenters. The van der Waals surface area contributed by atoms with E-state index in [1.54, 1.807) is 10.4 Å². The lowest BCUT2D eigenvalue weighted by atomic mass is 9.91. The number of rotatable bonds is 3. The number of halogens is 1. The maximum Gasteiger partial charge on any atom is 0.211 e. The van der Waals surface area contributed by atoms with Crippen LogP contribution in [0.3, 0.4) is 0 Å². The van der Waals surface area contributed by atoms with Crippen LogP contribution in [0, 0.1) is 11.7 Å². The predicted molar refractivity (Wildman–Crippen MR) is 89.2 cm³/mol. The van der Waals surface area contributed by atoms with Gasteiger partial charge in [0.15, 0.2) is 0 Å². The Kier molecular flexibility index (Phi) is 4.76. The highest BCUT2D eigenvalue weighted by molar-refractivity contribution is 7.88. The molecule has 0 spiro atoms. The van der Waals surface area contributed by atoms with Crippen LogP contribution < -0.4 is 0 Å². The summed E-state index contributed by atoms with van der Waals surface area (Å²) in [6.45, 7) is 5.25. The van der Waals surface area contributed by atoms with Crippen molar-refractivity contribution in [3.8, 4) is 0 Å². The van der Waals surface area contributed by atoms with Crippen LogP contribution >= 0.6 is 0 Å². The second-order valence-electron chi connectivity index (χ2n) is 6.89. The van der Waals surface area contributed by atoms with Gasteiger partial charge in [-0.3, -0.25) is 4.90 Å². The molecule has 6 heteroatoms. The molecule has 0 N–H and O–H groups in total. The van der Waals surface area contributed by atoms with Crippen LogP contribution in [0.1, 0.15) is 36.9 Å². The van der Waals surface area contributed by atoms with Crippen molar-refractivity contribution in [2.75, 3.05) is 32.4 Å². The van der Waals surface area contributed by atoms with Crippen LogP contribution in [0.4, 0.5) is 4.39 Å². The lowest BCUT2D eigenvalue weighted by Crippen LogP contribution is -2.45. The SMILES string of the molecule is C[C@@H]1c2ccc(F)cc2CCN1C[C@H]1CCCN(S(C)(=O)=O)C1. The first-order valence-corrected chi connectivity index (χ1v) is 10.2. The molecule has 0 bridgehead atoms. The van der Waals surface area contributed by atoms with E-state index in [2.05, 4.69) is 11.8 Å². The molecule has 2 aliphatic rings. The number of hydrogen-bond donors (Lipinski definition) is 0. The summed E-state index contributed by atoms with van der Waals surface area (Å²) >= 11 is 0. The van der Waals surface area contributed by atoms with Crippen molar-refractivity contribution in [2.24, 2.45) is 5.92 Å². The minimum atomic E-state index is -3.09. The van der Waals surface area contributed by atoms with E-state index in [1.807, 2.05) is 6.07 Å². The van der Waals surface area contributed by atoms with Crippen molar-refractivity contribution in [1.82, 2.24) is 9.21 Å². The highest BCUT2D eigenvalue weighted by atomic mass is 32.2. The number of hydrogen-bond acceptors (Lipinski definition) is 3. The van der Waals surface area contributed by atoms with Gasteiger partial charge in [0.1, 0.15) is 5.82 Å². The zero-order valence-electron chi connectivity index (χ0n) is 13.8. The third-order valence-electron chi connectivity index (χ3n) is 5.21. The molecule has 0 unspecified atom stereocenters. The van der Waals surface area contributed by atoms with Crippen molar-refractivity contribution in [1.29, 1.82) is 0 Å². The first-order valence-electron chi connectivity index (χ1n) is 8.32. The van der Waals surface area contributed by atoms with Crippen LogP contribution in [-0.2, 0) is 16.4 Å². The summed E-state index contributed by atoms with van der Waals surface area (Å²) in [5.74, 6) is 0.211. The number of nitrogens with zero attached hydrogens (tertiary/aromatic N) is 2. The fraction of sp³-hybridized carbons (Fsp3) is 0.647. The summed E-state index contributed by atoms with van der Waals surface area (Å²) in [4.78, 5) is 2.41. The van der Waals surface area contributed by atoms with Crippen molar-refractivity contribution in [3.63, 3.8) is 0 Å². The molecule has 0 amide bonds. The number of piperidine rings is 1. The zero-order valence-corrected chi connectivity index (χ0v) is 14.7. The van der Waals surface area contributed by atoms with Gasteiger partial charge in [0.2, 0.25) is 10.0 Å². The van der Waals surface area contributed by atoms with Gasteiger partial charge in [-0.1, -0.05) is 6.07 Å². The largest absolute Gasteiger partial charge is 0.296 e. The van der Waals surface area contributed by atoms with Crippen LogP contribution in [0.5, 0.6) is 0 Å². The van der Waals surface area contributed by atoms with Gasteiger partial charge in [-0.2, -0.15) is 0 Å². The minimum Gasteiger partial charge on any atom is -0.296 e. The average molecular weight is 340 g/mol. The summed E-state index contributed by atoms with van der Waals surface area (Å²) in [5.41, 5.74) is 2.31. The first kappa shape index (κ1) is 16.9. The highest BCUT2D eigenvalue weighted by Gasteiger charge is 2.30. The standard InChI is InChI=1S/C17H25FN2O2S/c1-13-17-6-5-16(18)10-15(17)7-9-19(13)11-14-4-3-8-20(12-14)23(2,21)22/h5-6,10,13-14H,3-4,7-9,11-12H2,1-2H3/t13-,14-/m1/s1. The Bertz CT molecular complexity index is 677. The molecule has 0 aromatic heterocycles. The highest BCUT2D eigenvalue weighted by Crippen LogP contribution is 2.31. The molecular weight excluding hydrogens is 315 g/mol. The Labute approximate surface area is 138 Å². The van der Waals surface area contributed by atoms with E-state index >= 15 is 0 Å².